The third-order valence-electron chi connectivity index (χ3n) is 24.3. The fourth-order valence-corrected chi connectivity index (χ4v) is 18.3. The molecule has 0 aliphatic heterocycles. The summed E-state index contributed by atoms with van der Waals surface area (Å²) in [5.41, 5.74) is 38.7. The number of furan rings is 1. The van der Waals surface area contributed by atoms with Crippen molar-refractivity contribution in [3.8, 4) is 185 Å². The van der Waals surface area contributed by atoms with Crippen LogP contribution in [0.15, 0.2) is 496 Å². The number of para-hydroxylation sites is 1. The van der Waals surface area contributed by atoms with Gasteiger partial charge >= 0.3 is 0 Å². The zero-order valence-electron chi connectivity index (χ0n) is 69.9. The molecule has 0 amide bonds. The summed E-state index contributed by atoms with van der Waals surface area (Å²) in [5.74, 6) is 0. The molecule has 6 heteroatoms. The van der Waals surface area contributed by atoms with Crippen LogP contribution in [0.1, 0.15) is 0 Å². The zero-order valence-corrected chi connectivity index (χ0v) is 69.9. The summed E-state index contributed by atoms with van der Waals surface area (Å²) < 4.78 is 9.02. The van der Waals surface area contributed by atoms with E-state index in [1.54, 1.807) is 0 Å². The van der Waals surface area contributed by atoms with E-state index in [9.17, 15) is 0 Å². The maximum atomic E-state index is 6.62. The fourth-order valence-electron chi connectivity index (χ4n) is 18.3. The van der Waals surface area contributed by atoms with Gasteiger partial charge in [-0.05, 0) is 152 Å². The first-order valence-corrected chi connectivity index (χ1v) is 43.5. The van der Waals surface area contributed by atoms with E-state index in [2.05, 4.69) is 484 Å². The highest BCUT2D eigenvalue weighted by Gasteiger charge is 2.27. The van der Waals surface area contributed by atoms with Crippen molar-refractivity contribution in [3.05, 3.63) is 491 Å². The predicted octanol–water partition coefficient (Wildman–Crippen LogP) is 32.6. The lowest BCUT2D eigenvalue weighted by Gasteiger charge is -2.18. The lowest BCUT2D eigenvalue weighted by molar-refractivity contribution is 0.669. The van der Waals surface area contributed by atoms with Gasteiger partial charge in [0.2, 0.25) is 0 Å². The third-order valence-corrected chi connectivity index (χ3v) is 24.3. The normalized spacial score (nSPS) is 11.3. The summed E-state index contributed by atoms with van der Waals surface area (Å²) in [5, 5.41) is 4.38. The topological polar surface area (TPSA) is 69.6 Å². The molecule has 0 spiro atoms. The molecule has 0 aliphatic rings. The van der Waals surface area contributed by atoms with E-state index >= 15 is 0 Å². The molecule has 0 radical (unpaired) electrons. The van der Waals surface area contributed by atoms with Crippen LogP contribution in [-0.4, -0.2) is 24.5 Å². The van der Waals surface area contributed by atoms with Gasteiger partial charge in [0.1, 0.15) is 11.2 Å². The van der Waals surface area contributed by atoms with Crippen molar-refractivity contribution >= 4 is 43.7 Å². The molecule has 600 valence electrons. The summed E-state index contributed by atoms with van der Waals surface area (Å²) in [6.45, 7) is 0. The number of pyridine rings is 4. The van der Waals surface area contributed by atoms with Gasteiger partial charge in [0.25, 0.3) is 0 Å². The highest BCUT2D eigenvalue weighted by atomic mass is 16.3. The number of hydrogen-bond donors (Lipinski definition) is 0. The first kappa shape index (κ1) is 77.0. The monoisotopic (exact) mass is 1630 g/mol. The highest BCUT2D eigenvalue weighted by molar-refractivity contribution is 6.15. The minimum absolute atomic E-state index is 0.830. The second kappa shape index (κ2) is 34.3. The Balaban J connectivity index is 0.000000151. The number of aromatic nitrogens is 5. The Hall–Kier alpha value is -17.1. The van der Waals surface area contributed by atoms with Crippen LogP contribution in [0.3, 0.4) is 0 Å². The second-order valence-corrected chi connectivity index (χ2v) is 32.2. The van der Waals surface area contributed by atoms with Crippen LogP contribution in [0, 0.1) is 0 Å². The minimum atomic E-state index is 0.830. The van der Waals surface area contributed by atoms with Crippen molar-refractivity contribution < 1.29 is 4.42 Å². The van der Waals surface area contributed by atoms with Crippen LogP contribution in [-0.2, 0) is 0 Å². The minimum Gasteiger partial charge on any atom is -0.456 e. The van der Waals surface area contributed by atoms with Crippen LogP contribution in [0.5, 0.6) is 0 Å². The molecule has 0 unspecified atom stereocenters. The van der Waals surface area contributed by atoms with Crippen LogP contribution in [0.4, 0.5) is 0 Å². The highest BCUT2D eigenvalue weighted by Crippen LogP contribution is 2.51. The largest absolute Gasteiger partial charge is 0.456 e. The van der Waals surface area contributed by atoms with Crippen LogP contribution < -0.4 is 0 Å². The van der Waals surface area contributed by atoms with Gasteiger partial charge in [-0.2, -0.15) is 0 Å². The Morgan fingerprint density at radius 3 is 0.586 bits per heavy atom. The Bertz CT molecular complexity index is 7250. The predicted molar refractivity (Wildman–Crippen MR) is 533 cm³/mol. The van der Waals surface area contributed by atoms with Crippen molar-refractivity contribution in [2.75, 3.05) is 0 Å². The summed E-state index contributed by atoms with van der Waals surface area (Å²) in [6, 6.07) is 174. The molecule has 0 saturated carbocycles. The van der Waals surface area contributed by atoms with Gasteiger partial charge in [-0.3, -0.25) is 0 Å². The molecule has 0 aliphatic carbocycles. The lowest BCUT2D eigenvalue weighted by Crippen LogP contribution is -1.97. The molecule has 6 heterocycles. The van der Waals surface area contributed by atoms with Gasteiger partial charge < -0.3 is 8.98 Å². The molecule has 0 saturated heterocycles. The molecule has 0 atom stereocenters. The van der Waals surface area contributed by atoms with E-state index in [-0.39, 0.29) is 0 Å². The molecular formula is C122H81N5O. The van der Waals surface area contributed by atoms with Crippen LogP contribution in [0.2, 0.25) is 0 Å². The van der Waals surface area contributed by atoms with Gasteiger partial charge in [0.15, 0.2) is 0 Å². The van der Waals surface area contributed by atoms with E-state index in [1.165, 1.54) is 0 Å². The van der Waals surface area contributed by atoms with Gasteiger partial charge in [-0.1, -0.05) is 406 Å². The Morgan fingerprint density at radius 2 is 0.352 bits per heavy atom. The first-order chi connectivity index (χ1) is 63.5. The van der Waals surface area contributed by atoms with Crippen molar-refractivity contribution in [2.45, 2.75) is 0 Å². The number of fused-ring (bicyclic) bond motifs is 6. The maximum Gasteiger partial charge on any atom is 0.135 e. The number of hydrogen-bond acceptors (Lipinski definition) is 5. The van der Waals surface area contributed by atoms with Gasteiger partial charge in [0, 0.05) is 94.0 Å². The molecule has 0 fully saturated rings. The summed E-state index contributed by atoms with van der Waals surface area (Å²) >= 11 is 0. The molecule has 128 heavy (non-hydrogen) atoms. The number of nitrogens with zero attached hydrogens (tertiary/aromatic N) is 5. The Kier molecular flexibility index (Phi) is 20.7. The van der Waals surface area contributed by atoms with E-state index in [0.29, 0.717) is 0 Å². The number of benzene rings is 17. The molecule has 23 rings (SSSR count). The average Bonchev–Trinajstić information content (AvgIpc) is 1.52. The molecule has 0 N–H and O–H groups in total. The molecular weight excluding hydrogens is 1550 g/mol. The van der Waals surface area contributed by atoms with Gasteiger partial charge in [-0.25, -0.2) is 19.9 Å². The van der Waals surface area contributed by atoms with Crippen LogP contribution in [0.25, 0.3) is 229 Å². The lowest BCUT2D eigenvalue weighted by atomic mass is 9.88. The van der Waals surface area contributed by atoms with E-state index < -0.39 is 0 Å². The Morgan fingerprint density at radius 1 is 0.156 bits per heavy atom. The molecule has 23 aromatic rings. The summed E-state index contributed by atoms with van der Waals surface area (Å²) in [6.07, 6.45) is 0. The van der Waals surface area contributed by atoms with Crippen molar-refractivity contribution in [1.82, 2.24) is 24.5 Å². The zero-order chi connectivity index (χ0) is 85.1. The van der Waals surface area contributed by atoms with Crippen molar-refractivity contribution in [2.24, 2.45) is 0 Å². The van der Waals surface area contributed by atoms with E-state index in [4.69, 9.17) is 24.4 Å². The molecule has 6 aromatic heterocycles. The fraction of sp³-hybridized carbons (Fsp3) is 0. The third kappa shape index (κ3) is 15.0. The SMILES string of the molecule is c1ccc(-c2cc(-c3ccccc3)c(-c3ccc4c(c3)c3cc(-c5c(-c6ccccc6)cc(-c6ccccc6)nc5-c5ccccc5)ccc3n4-c3ccccc3)c(-c3ccccc3)n2)cc1.c1ccc(-c2cc(-c3ccccc3)c(-c3ccc4oc5ccc(-c6c(-c7ccccc7)cc(-c7ccccc7)nc6-c6ccccc6)cc5c4c3)c(-c3ccccc3)n2)cc1. The molecule has 17 aromatic carbocycles. The standard InChI is InChI=1S/C64H43N3.C58H38N2O/c1-8-22-44(23-9-1)53-42-57(46-26-12-3-13-27-46)65-63(48-30-16-5-17-31-48)61(53)50-36-38-59-55(40-50)56-41-51(37-39-60(56)67(59)52-34-20-7-21-35-52)62-54(45-24-10-2-11-25-45)43-58(47-28-14-4-15-29-47)66-64(62)49-32-18-6-19-33-49;1-7-19-39(20-8-1)47-37-51(41-23-11-3-12-24-41)59-57(43-27-15-5-16-28-43)55(47)45-31-33-53-49(35-45)50-36-46(32-34-54(50)61-53)56-48(40-21-9-2-10-22-40)38-52(42-25-13-4-14-26-42)60-58(56)44-29-17-6-18-30-44/h1-43H;1-38H. The maximum absolute atomic E-state index is 6.62. The van der Waals surface area contributed by atoms with Gasteiger partial charge in [-0.15, -0.1) is 0 Å². The van der Waals surface area contributed by atoms with E-state index in [1.807, 2.05) is 12.1 Å². The quantitative estimate of drug-likeness (QED) is 0.0909. The van der Waals surface area contributed by atoms with Crippen molar-refractivity contribution in [1.29, 1.82) is 0 Å². The summed E-state index contributed by atoms with van der Waals surface area (Å²) in [7, 11) is 0. The number of rotatable bonds is 17. The second-order valence-electron chi connectivity index (χ2n) is 32.2. The Labute approximate surface area is 743 Å². The smallest absolute Gasteiger partial charge is 0.135 e. The van der Waals surface area contributed by atoms with Crippen molar-refractivity contribution in [3.63, 3.8) is 0 Å². The van der Waals surface area contributed by atoms with Gasteiger partial charge in [0.05, 0.1) is 56.6 Å². The molecule has 0 bridgehead atoms. The molecule has 6 nitrogen and oxygen atoms in total. The average molecular weight is 1630 g/mol. The first-order valence-electron chi connectivity index (χ1n) is 43.5. The van der Waals surface area contributed by atoms with E-state index in [0.717, 1.165) is 229 Å². The summed E-state index contributed by atoms with van der Waals surface area (Å²) in [4.78, 5) is 21.9. The van der Waals surface area contributed by atoms with Crippen LogP contribution >= 0.6 is 0 Å².